The topological polar surface area (TPSA) is 57.8 Å². The molecule has 0 bridgehead atoms. The van der Waals surface area contributed by atoms with E-state index >= 15 is 0 Å². The molecule has 0 saturated heterocycles. The first-order valence-electron chi connectivity index (χ1n) is 6.73. The molecule has 0 unspecified atom stereocenters. The quantitative estimate of drug-likeness (QED) is 0.748. The zero-order valence-electron chi connectivity index (χ0n) is 11.7. The molecule has 0 spiro atoms. The number of carbonyl (C=O) groups excluding carboxylic acids is 1. The number of fused-ring (bicyclic) bond motifs is 1. The Labute approximate surface area is 137 Å². The van der Waals surface area contributed by atoms with Gasteiger partial charge in [0.15, 0.2) is 0 Å². The number of carbonyl (C=O) groups is 1. The third kappa shape index (κ3) is 2.93. The molecule has 0 radical (unpaired) electrons. The van der Waals surface area contributed by atoms with E-state index in [4.69, 9.17) is 23.2 Å². The maximum Gasteiger partial charge on any atom is 0.251 e. The second-order valence-corrected chi connectivity index (χ2v) is 5.84. The Bertz CT molecular complexity index is 844. The molecule has 112 valence electrons. The highest BCUT2D eigenvalue weighted by Gasteiger charge is 2.14. The van der Waals surface area contributed by atoms with E-state index < -0.39 is 0 Å². The smallest absolute Gasteiger partial charge is 0.251 e. The van der Waals surface area contributed by atoms with E-state index in [0.29, 0.717) is 15.6 Å². The second-order valence-electron chi connectivity index (χ2n) is 5.00. The number of nitrogens with one attached hydrogen (secondary N) is 2. The van der Waals surface area contributed by atoms with Crippen LogP contribution in [0.5, 0.6) is 0 Å². The molecular weight excluding hydrogens is 321 g/mol. The zero-order valence-corrected chi connectivity index (χ0v) is 13.2. The molecule has 3 rings (SSSR count). The van der Waals surface area contributed by atoms with Gasteiger partial charge in [-0.2, -0.15) is 0 Å². The van der Waals surface area contributed by atoms with Gasteiger partial charge in [0.25, 0.3) is 5.91 Å². The summed E-state index contributed by atoms with van der Waals surface area (Å²) in [6.45, 7) is 1.88. The molecule has 2 N–H and O–H groups in total. The van der Waals surface area contributed by atoms with Crippen LogP contribution in [0.15, 0.2) is 42.7 Å². The standard InChI is InChI=1S/C16H13Cl2N3O/c1-9(12-4-3-11(17)7-13(12)18)21-16(22)10-2-5-14-15(6-10)20-8-19-14/h2-9H,1H3,(H,19,20)(H,21,22)/t9-/m0/s1. The number of aromatic amines is 1. The number of imidazole rings is 1. The first kappa shape index (κ1) is 14.9. The Morgan fingerprint density at radius 2 is 2.05 bits per heavy atom. The molecule has 2 aromatic carbocycles. The van der Waals surface area contributed by atoms with Crippen LogP contribution in [0.2, 0.25) is 10.0 Å². The number of aromatic nitrogens is 2. The number of benzene rings is 2. The minimum absolute atomic E-state index is 0.171. The maximum absolute atomic E-state index is 12.4. The number of H-pyrrole nitrogens is 1. The fourth-order valence-electron chi connectivity index (χ4n) is 2.29. The van der Waals surface area contributed by atoms with Crippen molar-refractivity contribution in [2.24, 2.45) is 0 Å². The fraction of sp³-hybridized carbons (Fsp3) is 0.125. The zero-order chi connectivity index (χ0) is 15.7. The molecule has 0 aliphatic heterocycles. The van der Waals surface area contributed by atoms with Gasteiger partial charge in [-0.25, -0.2) is 4.98 Å². The van der Waals surface area contributed by atoms with Crippen LogP contribution in [-0.4, -0.2) is 15.9 Å². The van der Waals surface area contributed by atoms with Gasteiger partial charge in [0.2, 0.25) is 0 Å². The number of halogens is 2. The lowest BCUT2D eigenvalue weighted by Gasteiger charge is -2.16. The van der Waals surface area contributed by atoms with Crippen LogP contribution in [0, 0.1) is 0 Å². The maximum atomic E-state index is 12.4. The van der Waals surface area contributed by atoms with Gasteiger partial charge in [-0.3, -0.25) is 4.79 Å². The van der Waals surface area contributed by atoms with Crippen LogP contribution in [0.1, 0.15) is 28.9 Å². The van der Waals surface area contributed by atoms with E-state index in [0.717, 1.165) is 16.6 Å². The van der Waals surface area contributed by atoms with Crippen LogP contribution in [-0.2, 0) is 0 Å². The summed E-state index contributed by atoms with van der Waals surface area (Å²) in [5.41, 5.74) is 3.03. The minimum atomic E-state index is -0.227. The van der Waals surface area contributed by atoms with Crippen LogP contribution in [0.25, 0.3) is 11.0 Å². The summed E-state index contributed by atoms with van der Waals surface area (Å²) >= 11 is 12.1. The van der Waals surface area contributed by atoms with Gasteiger partial charge in [-0.1, -0.05) is 29.3 Å². The molecule has 1 atom stereocenters. The van der Waals surface area contributed by atoms with Gasteiger partial charge in [-0.05, 0) is 42.8 Å². The Morgan fingerprint density at radius 3 is 2.82 bits per heavy atom. The average Bonchev–Trinajstić information content (AvgIpc) is 2.94. The Morgan fingerprint density at radius 1 is 1.23 bits per heavy atom. The third-order valence-corrected chi connectivity index (χ3v) is 4.02. The summed E-state index contributed by atoms with van der Waals surface area (Å²) < 4.78 is 0. The van der Waals surface area contributed by atoms with Crippen molar-refractivity contribution < 1.29 is 4.79 Å². The predicted molar refractivity (Wildman–Crippen MR) is 88.4 cm³/mol. The largest absolute Gasteiger partial charge is 0.345 e. The first-order valence-corrected chi connectivity index (χ1v) is 7.49. The van der Waals surface area contributed by atoms with E-state index in [-0.39, 0.29) is 11.9 Å². The summed E-state index contributed by atoms with van der Waals surface area (Å²) in [5, 5.41) is 4.03. The van der Waals surface area contributed by atoms with E-state index in [9.17, 15) is 4.79 Å². The van der Waals surface area contributed by atoms with Crippen molar-refractivity contribution in [1.29, 1.82) is 0 Å². The van der Waals surface area contributed by atoms with Crippen molar-refractivity contribution in [3.8, 4) is 0 Å². The van der Waals surface area contributed by atoms with Crippen molar-refractivity contribution >= 4 is 40.1 Å². The van der Waals surface area contributed by atoms with Crippen LogP contribution < -0.4 is 5.32 Å². The predicted octanol–water partition coefficient (Wildman–Crippen LogP) is 4.36. The van der Waals surface area contributed by atoms with Gasteiger partial charge in [0, 0.05) is 15.6 Å². The summed E-state index contributed by atoms with van der Waals surface area (Å²) in [6, 6.07) is 10.3. The highest BCUT2D eigenvalue weighted by Crippen LogP contribution is 2.26. The monoisotopic (exact) mass is 333 g/mol. The Kier molecular flexibility index (Phi) is 4.05. The van der Waals surface area contributed by atoms with Crippen LogP contribution in [0.4, 0.5) is 0 Å². The van der Waals surface area contributed by atoms with Crippen molar-refractivity contribution in [3.05, 3.63) is 63.9 Å². The number of hydrogen-bond donors (Lipinski definition) is 2. The van der Waals surface area contributed by atoms with Crippen molar-refractivity contribution in [2.75, 3.05) is 0 Å². The number of rotatable bonds is 3. The van der Waals surface area contributed by atoms with E-state index in [1.807, 2.05) is 13.0 Å². The molecule has 0 saturated carbocycles. The highest BCUT2D eigenvalue weighted by atomic mass is 35.5. The van der Waals surface area contributed by atoms with E-state index in [1.54, 1.807) is 36.7 Å². The number of amides is 1. The van der Waals surface area contributed by atoms with Crippen molar-refractivity contribution in [1.82, 2.24) is 15.3 Å². The van der Waals surface area contributed by atoms with Crippen molar-refractivity contribution in [2.45, 2.75) is 13.0 Å². The summed E-state index contributed by atoms with van der Waals surface area (Å²) in [5.74, 6) is -0.171. The summed E-state index contributed by atoms with van der Waals surface area (Å²) in [4.78, 5) is 19.5. The summed E-state index contributed by atoms with van der Waals surface area (Å²) in [6.07, 6.45) is 1.60. The van der Waals surface area contributed by atoms with Gasteiger partial charge >= 0.3 is 0 Å². The van der Waals surface area contributed by atoms with E-state index in [2.05, 4.69) is 15.3 Å². The Balaban J connectivity index is 1.80. The summed E-state index contributed by atoms with van der Waals surface area (Å²) in [7, 11) is 0. The molecule has 22 heavy (non-hydrogen) atoms. The number of hydrogen-bond acceptors (Lipinski definition) is 2. The molecule has 0 aliphatic rings. The minimum Gasteiger partial charge on any atom is -0.345 e. The lowest BCUT2D eigenvalue weighted by Crippen LogP contribution is -2.26. The van der Waals surface area contributed by atoms with Gasteiger partial charge in [0.05, 0.1) is 23.4 Å². The highest BCUT2D eigenvalue weighted by molar-refractivity contribution is 6.35. The average molecular weight is 334 g/mol. The van der Waals surface area contributed by atoms with Gasteiger partial charge in [-0.15, -0.1) is 0 Å². The van der Waals surface area contributed by atoms with Crippen LogP contribution in [0.3, 0.4) is 0 Å². The number of nitrogens with zero attached hydrogens (tertiary/aromatic N) is 1. The normalized spacial score (nSPS) is 12.3. The van der Waals surface area contributed by atoms with Gasteiger partial charge < -0.3 is 10.3 Å². The third-order valence-electron chi connectivity index (χ3n) is 3.46. The second kappa shape index (κ2) is 5.99. The molecule has 6 heteroatoms. The van der Waals surface area contributed by atoms with Gasteiger partial charge in [0.1, 0.15) is 0 Å². The first-order chi connectivity index (χ1) is 10.5. The lowest BCUT2D eigenvalue weighted by molar-refractivity contribution is 0.0940. The SMILES string of the molecule is C[C@H](NC(=O)c1ccc2nc[nH]c2c1)c1ccc(Cl)cc1Cl. The Hall–Kier alpha value is -2.04. The van der Waals surface area contributed by atoms with E-state index in [1.165, 1.54) is 0 Å². The molecule has 0 aliphatic carbocycles. The van der Waals surface area contributed by atoms with Crippen LogP contribution >= 0.6 is 23.2 Å². The molecule has 3 aromatic rings. The lowest BCUT2D eigenvalue weighted by atomic mass is 10.1. The fourth-order valence-corrected chi connectivity index (χ4v) is 2.86. The molecule has 1 amide bonds. The molecule has 0 fully saturated rings. The van der Waals surface area contributed by atoms with Crippen molar-refractivity contribution in [3.63, 3.8) is 0 Å². The molecule has 1 heterocycles. The molecular formula is C16H13Cl2N3O. The molecule has 1 aromatic heterocycles. The molecule has 4 nitrogen and oxygen atoms in total.